The van der Waals surface area contributed by atoms with Crippen LogP contribution in [-0.4, -0.2) is 23.6 Å². The Morgan fingerprint density at radius 2 is 2.17 bits per heavy atom. The molecule has 1 aliphatic rings. The van der Waals surface area contributed by atoms with Crippen LogP contribution in [0.5, 0.6) is 5.75 Å². The summed E-state index contributed by atoms with van der Waals surface area (Å²) in [5.41, 5.74) is 4.55. The molecule has 4 nitrogen and oxygen atoms in total. The molecule has 0 fully saturated rings. The summed E-state index contributed by atoms with van der Waals surface area (Å²) < 4.78 is 6.44. The minimum absolute atomic E-state index is 0.301. The van der Waals surface area contributed by atoms with Crippen LogP contribution in [0.4, 0.5) is 11.5 Å². The van der Waals surface area contributed by atoms with Crippen LogP contribution in [0.15, 0.2) is 23.6 Å². The average Bonchev–Trinajstić information content (AvgIpc) is 2.94. The number of fused-ring (bicyclic) bond motifs is 2. The largest absolute Gasteiger partial charge is 0.497 e. The van der Waals surface area contributed by atoms with Gasteiger partial charge in [-0.2, -0.15) is 4.98 Å². The number of ether oxygens (including phenoxy) is 1. The fourth-order valence-electron chi connectivity index (χ4n) is 3.09. The summed E-state index contributed by atoms with van der Waals surface area (Å²) in [4.78, 5) is 11.2. The third-order valence-electron chi connectivity index (χ3n) is 4.21. The molecule has 2 aromatic heterocycles. The zero-order valence-corrected chi connectivity index (χ0v) is 14.5. The maximum Gasteiger partial charge on any atom is 0.224 e. The Hall–Kier alpha value is -1.85. The zero-order valence-electron chi connectivity index (χ0n) is 13.0. The van der Waals surface area contributed by atoms with E-state index in [0.717, 1.165) is 46.7 Å². The highest BCUT2D eigenvalue weighted by Crippen LogP contribution is 2.40. The first-order chi connectivity index (χ1) is 11.2. The van der Waals surface area contributed by atoms with Gasteiger partial charge in [0.2, 0.25) is 5.28 Å². The lowest BCUT2D eigenvalue weighted by Crippen LogP contribution is -2.25. The molecule has 0 radical (unpaired) electrons. The number of hydrogen-bond acceptors (Lipinski definition) is 5. The first-order valence-electron chi connectivity index (χ1n) is 7.53. The summed E-state index contributed by atoms with van der Waals surface area (Å²) in [6.07, 6.45) is 2.13. The van der Waals surface area contributed by atoms with Crippen LogP contribution in [0.1, 0.15) is 17.5 Å². The van der Waals surface area contributed by atoms with Crippen LogP contribution < -0.4 is 9.64 Å². The lowest BCUT2D eigenvalue weighted by Gasteiger charge is -2.31. The third kappa shape index (κ3) is 2.44. The van der Waals surface area contributed by atoms with E-state index in [9.17, 15) is 0 Å². The first-order valence-corrected chi connectivity index (χ1v) is 8.79. The van der Waals surface area contributed by atoms with Gasteiger partial charge in [0, 0.05) is 12.2 Å². The molecular weight excluding hydrogens is 330 g/mol. The number of nitrogens with zero attached hydrogens (tertiary/aromatic N) is 3. The van der Waals surface area contributed by atoms with E-state index in [1.165, 1.54) is 11.3 Å². The van der Waals surface area contributed by atoms with Gasteiger partial charge in [-0.25, -0.2) is 4.98 Å². The van der Waals surface area contributed by atoms with E-state index in [4.69, 9.17) is 16.3 Å². The Labute approximate surface area is 143 Å². The van der Waals surface area contributed by atoms with Crippen LogP contribution in [0.25, 0.3) is 10.2 Å². The van der Waals surface area contributed by atoms with E-state index in [2.05, 4.69) is 39.3 Å². The Kier molecular flexibility index (Phi) is 3.62. The van der Waals surface area contributed by atoms with Crippen molar-refractivity contribution in [3.05, 3.63) is 40.0 Å². The van der Waals surface area contributed by atoms with Gasteiger partial charge in [0.05, 0.1) is 17.3 Å². The number of aryl methyl sites for hydroxylation is 2. The van der Waals surface area contributed by atoms with E-state index >= 15 is 0 Å². The van der Waals surface area contributed by atoms with Gasteiger partial charge in [-0.05, 0) is 66.1 Å². The molecule has 0 spiro atoms. The van der Waals surface area contributed by atoms with Gasteiger partial charge in [0.25, 0.3) is 0 Å². The van der Waals surface area contributed by atoms with Gasteiger partial charge in [-0.15, -0.1) is 11.3 Å². The second-order valence-electron chi connectivity index (χ2n) is 5.66. The second-order valence-corrected chi connectivity index (χ2v) is 6.88. The summed E-state index contributed by atoms with van der Waals surface area (Å²) >= 11 is 7.86. The molecule has 6 heteroatoms. The predicted molar refractivity (Wildman–Crippen MR) is 95.5 cm³/mol. The van der Waals surface area contributed by atoms with Gasteiger partial charge in [0.15, 0.2) is 5.82 Å². The number of halogens is 1. The number of aromatic nitrogens is 2. The maximum atomic E-state index is 6.18. The zero-order chi connectivity index (χ0) is 16.0. The molecule has 1 aromatic carbocycles. The quantitative estimate of drug-likeness (QED) is 0.628. The van der Waals surface area contributed by atoms with Crippen molar-refractivity contribution in [2.45, 2.75) is 19.8 Å². The van der Waals surface area contributed by atoms with Crippen molar-refractivity contribution >= 4 is 44.7 Å². The second kappa shape index (κ2) is 5.65. The van der Waals surface area contributed by atoms with Gasteiger partial charge < -0.3 is 9.64 Å². The molecule has 0 unspecified atom stereocenters. The molecule has 1 aliphatic heterocycles. The monoisotopic (exact) mass is 345 g/mol. The molecule has 118 valence electrons. The van der Waals surface area contributed by atoms with Crippen LogP contribution in [-0.2, 0) is 6.42 Å². The number of methoxy groups -OCH3 is 1. The highest BCUT2D eigenvalue weighted by molar-refractivity contribution is 7.18. The lowest BCUT2D eigenvalue weighted by molar-refractivity contribution is 0.414. The minimum Gasteiger partial charge on any atom is -0.497 e. The summed E-state index contributed by atoms with van der Waals surface area (Å²) in [5.74, 6) is 1.80. The summed E-state index contributed by atoms with van der Waals surface area (Å²) in [6, 6.07) is 6.22. The molecule has 0 aliphatic carbocycles. The number of anilines is 2. The molecule has 0 saturated carbocycles. The standard InChI is InChI=1S/C17H16ClN3OS/c1-10-9-23-15-14(10)19-17(18)20-16(15)21-7-3-4-11-8-12(22-2)5-6-13(11)21/h5-6,8-9H,3-4,7H2,1-2H3. The number of rotatable bonds is 2. The topological polar surface area (TPSA) is 38.2 Å². The normalized spacial score (nSPS) is 14.1. The molecule has 0 saturated heterocycles. The summed E-state index contributed by atoms with van der Waals surface area (Å²) in [6.45, 7) is 2.99. The number of benzene rings is 1. The van der Waals surface area contributed by atoms with E-state index in [0.29, 0.717) is 5.28 Å². The minimum atomic E-state index is 0.301. The lowest BCUT2D eigenvalue weighted by atomic mass is 10.0. The Morgan fingerprint density at radius 1 is 1.30 bits per heavy atom. The fraction of sp³-hybridized carbons (Fsp3) is 0.294. The highest BCUT2D eigenvalue weighted by atomic mass is 35.5. The summed E-state index contributed by atoms with van der Waals surface area (Å²) in [7, 11) is 1.70. The molecule has 0 bridgehead atoms. The summed E-state index contributed by atoms with van der Waals surface area (Å²) in [5, 5.41) is 2.41. The van der Waals surface area contributed by atoms with Gasteiger partial charge in [-0.1, -0.05) is 0 Å². The highest BCUT2D eigenvalue weighted by Gasteiger charge is 2.23. The third-order valence-corrected chi connectivity index (χ3v) is 5.46. The van der Waals surface area contributed by atoms with Gasteiger partial charge in [-0.3, -0.25) is 0 Å². The SMILES string of the molecule is COc1ccc2c(c1)CCCN2c1nc(Cl)nc2c(C)csc12. The molecule has 0 N–H and O–H groups in total. The van der Waals surface area contributed by atoms with Gasteiger partial charge >= 0.3 is 0 Å². The van der Waals surface area contributed by atoms with Crippen molar-refractivity contribution in [2.75, 3.05) is 18.6 Å². The first kappa shape index (κ1) is 14.7. The van der Waals surface area contributed by atoms with E-state index < -0.39 is 0 Å². The molecule has 0 atom stereocenters. The maximum absolute atomic E-state index is 6.18. The molecule has 4 rings (SSSR count). The van der Waals surface area contributed by atoms with E-state index in [-0.39, 0.29) is 0 Å². The Morgan fingerprint density at radius 3 is 3.00 bits per heavy atom. The van der Waals surface area contributed by atoms with E-state index in [1.807, 2.05) is 6.07 Å². The molecule has 23 heavy (non-hydrogen) atoms. The van der Waals surface area contributed by atoms with Crippen LogP contribution in [0.2, 0.25) is 5.28 Å². The number of thiophene rings is 1. The number of hydrogen-bond donors (Lipinski definition) is 0. The van der Waals surface area contributed by atoms with Crippen molar-refractivity contribution in [2.24, 2.45) is 0 Å². The smallest absolute Gasteiger partial charge is 0.224 e. The van der Waals surface area contributed by atoms with Crippen molar-refractivity contribution in [3.8, 4) is 5.75 Å². The Bertz CT molecular complexity index is 893. The Balaban J connectivity index is 1.90. The predicted octanol–water partition coefficient (Wildman–Crippen LogP) is 4.75. The molecular formula is C17H16ClN3OS. The van der Waals surface area contributed by atoms with E-state index in [1.54, 1.807) is 18.4 Å². The van der Waals surface area contributed by atoms with Crippen molar-refractivity contribution in [1.82, 2.24) is 9.97 Å². The van der Waals surface area contributed by atoms with Crippen LogP contribution >= 0.6 is 22.9 Å². The molecule has 3 heterocycles. The van der Waals surface area contributed by atoms with Crippen LogP contribution in [0, 0.1) is 6.92 Å². The average molecular weight is 346 g/mol. The fourth-order valence-corrected chi connectivity index (χ4v) is 4.24. The van der Waals surface area contributed by atoms with Crippen LogP contribution in [0.3, 0.4) is 0 Å². The van der Waals surface area contributed by atoms with Crippen molar-refractivity contribution in [1.29, 1.82) is 0 Å². The van der Waals surface area contributed by atoms with Crippen molar-refractivity contribution < 1.29 is 4.74 Å². The molecule has 3 aromatic rings. The molecule has 0 amide bonds. The van der Waals surface area contributed by atoms with Crippen molar-refractivity contribution in [3.63, 3.8) is 0 Å². The van der Waals surface area contributed by atoms with Gasteiger partial charge in [0.1, 0.15) is 5.75 Å².